The van der Waals surface area contributed by atoms with Crippen LogP contribution in [0, 0.1) is 12.7 Å². The third kappa shape index (κ3) is 2.53. The van der Waals surface area contributed by atoms with E-state index < -0.39 is 0 Å². The second kappa shape index (κ2) is 4.96. The van der Waals surface area contributed by atoms with E-state index in [-0.39, 0.29) is 11.6 Å². The van der Waals surface area contributed by atoms with Gasteiger partial charge in [0, 0.05) is 12.7 Å². The molecule has 18 heavy (non-hydrogen) atoms. The summed E-state index contributed by atoms with van der Waals surface area (Å²) in [5.41, 5.74) is 2.19. The zero-order valence-corrected chi connectivity index (χ0v) is 10.2. The third-order valence-corrected chi connectivity index (χ3v) is 2.80. The van der Waals surface area contributed by atoms with E-state index in [2.05, 4.69) is 5.10 Å². The molecule has 1 aromatic heterocycles. The van der Waals surface area contributed by atoms with Crippen LogP contribution in [0.3, 0.4) is 0 Å². The lowest BCUT2D eigenvalue weighted by Crippen LogP contribution is -1.98. The van der Waals surface area contributed by atoms with Crippen LogP contribution in [-0.2, 0) is 7.05 Å². The first-order valence-corrected chi connectivity index (χ1v) is 5.54. The average Bonchev–Trinajstić information content (AvgIpc) is 2.69. The molecule has 0 aliphatic carbocycles. The summed E-state index contributed by atoms with van der Waals surface area (Å²) in [5.74, 6) is -0.397. The van der Waals surface area contributed by atoms with Gasteiger partial charge in [-0.1, -0.05) is 18.2 Å². The molecule has 4 heteroatoms. The van der Waals surface area contributed by atoms with Gasteiger partial charge < -0.3 is 0 Å². The summed E-state index contributed by atoms with van der Waals surface area (Å²) < 4.78 is 14.4. The highest BCUT2D eigenvalue weighted by Crippen LogP contribution is 2.09. The van der Waals surface area contributed by atoms with Crippen LogP contribution in [0.4, 0.5) is 4.39 Å². The van der Waals surface area contributed by atoms with Crippen molar-refractivity contribution in [1.82, 2.24) is 9.78 Å². The Morgan fingerprint density at radius 1 is 1.33 bits per heavy atom. The molecule has 0 saturated carbocycles. The molecular weight excluding hydrogens is 231 g/mol. The topological polar surface area (TPSA) is 34.9 Å². The maximum Gasteiger partial charge on any atom is 0.189 e. The number of aromatic nitrogens is 2. The Hall–Kier alpha value is -2.23. The Morgan fingerprint density at radius 2 is 2.00 bits per heavy atom. The van der Waals surface area contributed by atoms with E-state index in [0.717, 1.165) is 11.3 Å². The van der Waals surface area contributed by atoms with Gasteiger partial charge in [-0.05, 0) is 30.7 Å². The molecule has 0 spiro atoms. The summed E-state index contributed by atoms with van der Waals surface area (Å²) in [7, 11) is 1.79. The molecule has 0 aliphatic rings. The Balaban J connectivity index is 2.17. The van der Waals surface area contributed by atoms with Crippen molar-refractivity contribution in [3.8, 4) is 0 Å². The molecule has 0 radical (unpaired) electrons. The number of aryl methyl sites for hydroxylation is 1. The molecule has 0 atom stereocenters. The minimum atomic E-state index is -0.290. The molecular formula is C14H13FN2O. The molecule has 0 bridgehead atoms. The van der Waals surface area contributed by atoms with Crippen molar-refractivity contribution in [2.75, 3.05) is 0 Å². The molecule has 0 fully saturated rings. The quantitative estimate of drug-likeness (QED) is 0.614. The second-order valence-electron chi connectivity index (χ2n) is 4.02. The van der Waals surface area contributed by atoms with Crippen molar-refractivity contribution in [2.24, 2.45) is 7.05 Å². The van der Waals surface area contributed by atoms with Crippen molar-refractivity contribution in [3.05, 3.63) is 59.2 Å². The fourth-order valence-corrected chi connectivity index (χ4v) is 1.58. The van der Waals surface area contributed by atoms with Crippen LogP contribution in [0.15, 0.2) is 36.5 Å². The summed E-state index contributed by atoms with van der Waals surface area (Å²) in [6, 6.07) is 5.96. The van der Waals surface area contributed by atoms with Gasteiger partial charge in [-0.2, -0.15) is 5.10 Å². The van der Waals surface area contributed by atoms with Crippen molar-refractivity contribution >= 4 is 11.9 Å². The minimum absolute atomic E-state index is 0.107. The number of rotatable bonds is 3. The van der Waals surface area contributed by atoms with Gasteiger partial charge in [-0.25, -0.2) is 4.39 Å². The highest BCUT2D eigenvalue weighted by molar-refractivity contribution is 6.07. The number of nitrogens with zero attached hydrogens (tertiary/aromatic N) is 2. The molecule has 0 aliphatic heterocycles. The first-order valence-electron chi connectivity index (χ1n) is 5.54. The van der Waals surface area contributed by atoms with E-state index in [1.807, 2.05) is 6.92 Å². The highest BCUT2D eigenvalue weighted by atomic mass is 19.1. The Morgan fingerprint density at radius 3 is 2.56 bits per heavy atom. The normalized spacial score (nSPS) is 11.1. The van der Waals surface area contributed by atoms with Crippen LogP contribution in [-0.4, -0.2) is 15.6 Å². The van der Waals surface area contributed by atoms with Crippen LogP contribution in [0.25, 0.3) is 6.08 Å². The Bertz CT molecular complexity index is 597. The van der Waals surface area contributed by atoms with Gasteiger partial charge in [0.1, 0.15) is 5.82 Å². The molecule has 1 aromatic carbocycles. The van der Waals surface area contributed by atoms with Gasteiger partial charge in [0.05, 0.1) is 11.8 Å². The Kier molecular flexibility index (Phi) is 3.37. The van der Waals surface area contributed by atoms with Crippen molar-refractivity contribution in [1.29, 1.82) is 0 Å². The van der Waals surface area contributed by atoms with Gasteiger partial charge in [-0.15, -0.1) is 0 Å². The predicted molar refractivity (Wildman–Crippen MR) is 67.7 cm³/mol. The maximum atomic E-state index is 12.7. The first-order chi connectivity index (χ1) is 8.58. The lowest BCUT2D eigenvalue weighted by Gasteiger charge is -1.96. The predicted octanol–water partition coefficient (Wildman–Crippen LogP) is 2.76. The summed E-state index contributed by atoms with van der Waals surface area (Å²) in [6.45, 7) is 1.84. The number of halogens is 1. The number of benzene rings is 1. The van der Waals surface area contributed by atoms with E-state index in [1.54, 1.807) is 36.1 Å². The van der Waals surface area contributed by atoms with Crippen LogP contribution >= 0.6 is 0 Å². The molecule has 0 amide bonds. The number of allylic oxidation sites excluding steroid dienone is 1. The summed E-state index contributed by atoms with van der Waals surface area (Å²) in [4.78, 5) is 11.9. The van der Waals surface area contributed by atoms with Gasteiger partial charge in [0.15, 0.2) is 5.78 Å². The molecule has 1 heterocycles. The van der Waals surface area contributed by atoms with Crippen LogP contribution in [0.2, 0.25) is 0 Å². The smallest absolute Gasteiger partial charge is 0.189 e. The van der Waals surface area contributed by atoms with E-state index in [9.17, 15) is 9.18 Å². The van der Waals surface area contributed by atoms with E-state index in [0.29, 0.717) is 5.56 Å². The number of ketones is 1. The van der Waals surface area contributed by atoms with Crippen molar-refractivity contribution in [2.45, 2.75) is 6.92 Å². The van der Waals surface area contributed by atoms with E-state index in [4.69, 9.17) is 0 Å². The highest BCUT2D eigenvalue weighted by Gasteiger charge is 2.09. The summed E-state index contributed by atoms with van der Waals surface area (Å²) >= 11 is 0. The molecule has 0 saturated heterocycles. The zero-order chi connectivity index (χ0) is 13.1. The maximum absolute atomic E-state index is 12.7. The van der Waals surface area contributed by atoms with Gasteiger partial charge in [0.25, 0.3) is 0 Å². The lowest BCUT2D eigenvalue weighted by molar-refractivity contribution is 0.104. The molecule has 2 aromatic rings. The van der Waals surface area contributed by atoms with Gasteiger partial charge in [0.2, 0.25) is 0 Å². The SMILES string of the molecule is Cc1c(C(=O)/C=C/c2ccc(F)cc2)cnn1C. The molecule has 2 rings (SSSR count). The van der Waals surface area contributed by atoms with Crippen molar-refractivity contribution < 1.29 is 9.18 Å². The lowest BCUT2D eigenvalue weighted by atomic mass is 10.1. The van der Waals surface area contributed by atoms with E-state index in [1.165, 1.54) is 18.2 Å². The monoisotopic (exact) mass is 244 g/mol. The molecule has 0 unspecified atom stereocenters. The molecule has 92 valence electrons. The summed E-state index contributed by atoms with van der Waals surface area (Å²) in [5, 5.41) is 4.02. The first kappa shape index (κ1) is 12.2. The number of hydrogen-bond acceptors (Lipinski definition) is 2. The number of hydrogen-bond donors (Lipinski definition) is 0. The standard InChI is InChI=1S/C14H13FN2O/c1-10-13(9-16-17(10)2)14(18)8-5-11-3-6-12(15)7-4-11/h3-9H,1-2H3/b8-5+. The van der Waals surface area contributed by atoms with Crippen LogP contribution in [0.1, 0.15) is 21.6 Å². The largest absolute Gasteiger partial charge is 0.289 e. The van der Waals surface area contributed by atoms with Gasteiger partial charge >= 0.3 is 0 Å². The second-order valence-corrected chi connectivity index (χ2v) is 4.02. The Labute approximate surface area is 105 Å². The molecule has 3 nitrogen and oxygen atoms in total. The van der Waals surface area contributed by atoms with Gasteiger partial charge in [-0.3, -0.25) is 9.48 Å². The fourth-order valence-electron chi connectivity index (χ4n) is 1.58. The fraction of sp³-hybridized carbons (Fsp3) is 0.143. The van der Waals surface area contributed by atoms with Crippen molar-refractivity contribution in [3.63, 3.8) is 0 Å². The molecule has 0 N–H and O–H groups in total. The summed E-state index contributed by atoms with van der Waals surface area (Å²) in [6.07, 6.45) is 4.68. The van der Waals surface area contributed by atoms with Crippen LogP contribution in [0.5, 0.6) is 0 Å². The minimum Gasteiger partial charge on any atom is -0.289 e. The average molecular weight is 244 g/mol. The van der Waals surface area contributed by atoms with E-state index >= 15 is 0 Å². The third-order valence-electron chi connectivity index (χ3n) is 2.80. The zero-order valence-electron chi connectivity index (χ0n) is 10.2. The number of carbonyl (C=O) groups excluding carboxylic acids is 1. The number of carbonyl (C=O) groups is 1. The van der Waals surface area contributed by atoms with Crippen LogP contribution < -0.4 is 0 Å².